The molecule has 0 bridgehead atoms. The Morgan fingerprint density at radius 2 is 1.17 bits per heavy atom. The SMILES string of the molecule is Cl.c1ccc(C(c2ccccc2)N2CCC2)cc1. The number of halogens is 1. The summed E-state index contributed by atoms with van der Waals surface area (Å²) in [6.07, 6.45) is 1.33. The molecule has 0 N–H and O–H groups in total. The smallest absolute Gasteiger partial charge is 0.0601 e. The molecule has 1 nitrogen and oxygen atoms in total. The number of hydrogen-bond acceptors (Lipinski definition) is 1. The second-order valence-corrected chi connectivity index (χ2v) is 4.61. The zero-order valence-electron chi connectivity index (χ0n) is 10.3. The van der Waals surface area contributed by atoms with Crippen molar-refractivity contribution in [1.82, 2.24) is 4.90 Å². The second kappa shape index (κ2) is 6.03. The molecule has 0 aliphatic carbocycles. The van der Waals surface area contributed by atoms with Crippen molar-refractivity contribution in [2.75, 3.05) is 13.1 Å². The van der Waals surface area contributed by atoms with E-state index >= 15 is 0 Å². The molecule has 2 heteroatoms. The van der Waals surface area contributed by atoms with Crippen LogP contribution in [0.3, 0.4) is 0 Å². The first-order chi connectivity index (χ1) is 8.45. The van der Waals surface area contributed by atoms with E-state index in [2.05, 4.69) is 65.6 Å². The van der Waals surface area contributed by atoms with Gasteiger partial charge in [0.2, 0.25) is 0 Å². The van der Waals surface area contributed by atoms with Crippen LogP contribution in [0.2, 0.25) is 0 Å². The quantitative estimate of drug-likeness (QED) is 0.808. The van der Waals surface area contributed by atoms with Crippen LogP contribution in [0.1, 0.15) is 23.6 Å². The predicted octanol–water partition coefficient (Wildman–Crippen LogP) is 3.90. The summed E-state index contributed by atoms with van der Waals surface area (Å²) in [4.78, 5) is 2.55. The molecule has 0 spiro atoms. The Balaban J connectivity index is 0.00000120. The van der Waals surface area contributed by atoms with Gasteiger partial charge < -0.3 is 0 Å². The highest BCUT2D eigenvalue weighted by atomic mass is 35.5. The van der Waals surface area contributed by atoms with E-state index in [4.69, 9.17) is 0 Å². The lowest BCUT2D eigenvalue weighted by Crippen LogP contribution is -2.40. The molecule has 1 saturated heterocycles. The van der Waals surface area contributed by atoms with Crippen LogP contribution >= 0.6 is 12.4 Å². The van der Waals surface area contributed by atoms with Crippen LogP contribution in [-0.2, 0) is 0 Å². The van der Waals surface area contributed by atoms with Crippen molar-refractivity contribution in [1.29, 1.82) is 0 Å². The summed E-state index contributed by atoms with van der Waals surface area (Å²) in [5.74, 6) is 0. The van der Waals surface area contributed by atoms with Gasteiger partial charge in [0.1, 0.15) is 0 Å². The van der Waals surface area contributed by atoms with Gasteiger partial charge in [-0.15, -0.1) is 12.4 Å². The van der Waals surface area contributed by atoms with Crippen molar-refractivity contribution in [2.24, 2.45) is 0 Å². The van der Waals surface area contributed by atoms with E-state index in [9.17, 15) is 0 Å². The minimum atomic E-state index is 0. The van der Waals surface area contributed by atoms with Crippen molar-refractivity contribution < 1.29 is 0 Å². The lowest BCUT2D eigenvalue weighted by atomic mass is 9.95. The Hall–Kier alpha value is -1.31. The van der Waals surface area contributed by atoms with E-state index in [1.807, 2.05) is 0 Å². The summed E-state index contributed by atoms with van der Waals surface area (Å²) < 4.78 is 0. The molecule has 2 aromatic rings. The summed E-state index contributed by atoms with van der Waals surface area (Å²) in [5.41, 5.74) is 2.80. The van der Waals surface area contributed by atoms with E-state index in [0.717, 1.165) is 0 Å². The predicted molar refractivity (Wildman–Crippen MR) is 78.2 cm³/mol. The molecule has 1 heterocycles. The minimum absolute atomic E-state index is 0. The summed E-state index contributed by atoms with van der Waals surface area (Å²) >= 11 is 0. The van der Waals surface area contributed by atoms with Crippen LogP contribution in [0.4, 0.5) is 0 Å². The molecule has 94 valence electrons. The molecular weight excluding hydrogens is 242 g/mol. The van der Waals surface area contributed by atoms with Gasteiger partial charge >= 0.3 is 0 Å². The van der Waals surface area contributed by atoms with E-state index in [0.29, 0.717) is 6.04 Å². The zero-order chi connectivity index (χ0) is 11.5. The highest BCUT2D eigenvalue weighted by molar-refractivity contribution is 5.85. The molecule has 1 fully saturated rings. The van der Waals surface area contributed by atoms with Gasteiger partial charge in [0.15, 0.2) is 0 Å². The number of hydrogen-bond donors (Lipinski definition) is 0. The van der Waals surface area contributed by atoms with E-state index in [1.165, 1.54) is 30.6 Å². The van der Waals surface area contributed by atoms with E-state index < -0.39 is 0 Å². The van der Waals surface area contributed by atoms with Gasteiger partial charge in [-0.1, -0.05) is 60.7 Å². The third-order valence-electron chi connectivity index (χ3n) is 3.49. The van der Waals surface area contributed by atoms with Crippen molar-refractivity contribution in [3.05, 3.63) is 71.8 Å². The molecule has 0 unspecified atom stereocenters. The maximum atomic E-state index is 2.55. The largest absolute Gasteiger partial charge is 0.292 e. The van der Waals surface area contributed by atoms with Crippen molar-refractivity contribution in [2.45, 2.75) is 12.5 Å². The molecule has 0 saturated carbocycles. The molecule has 0 atom stereocenters. The van der Waals surface area contributed by atoms with E-state index in [-0.39, 0.29) is 12.4 Å². The average Bonchev–Trinajstić information content (AvgIpc) is 2.36. The van der Waals surface area contributed by atoms with Gasteiger partial charge in [0.05, 0.1) is 6.04 Å². The van der Waals surface area contributed by atoms with Crippen LogP contribution in [0, 0.1) is 0 Å². The lowest BCUT2D eigenvalue weighted by molar-refractivity contribution is 0.140. The zero-order valence-corrected chi connectivity index (χ0v) is 11.1. The van der Waals surface area contributed by atoms with Crippen LogP contribution in [0.25, 0.3) is 0 Å². The van der Waals surface area contributed by atoms with Gasteiger partial charge in [-0.3, -0.25) is 4.90 Å². The Labute approximate surface area is 115 Å². The van der Waals surface area contributed by atoms with Crippen LogP contribution in [0.5, 0.6) is 0 Å². The van der Waals surface area contributed by atoms with Gasteiger partial charge in [0.25, 0.3) is 0 Å². The summed E-state index contributed by atoms with van der Waals surface area (Å²) in [6.45, 7) is 2.43. The maximum Gasteiger partial charge on any atom is 0.0601 e. The summed E-state index contributed by atoms with van der Waals surface area (Å²) in [5, 5.41) is 0. The Morgan fingerprint density at radius 1 is 0.722 bits per heavy atom. The molecule has 0 aromatic heterocycles. The molecule has 2 aromatic carbocycles. The third kappa shape index (κ3) is 2.58. The Bertz CT molecular complexity index is 425. The van der Waals surface area contributed by atoms with Crippen molar-refractivity contribution >= 4 is 12.4 Å². The first-order valence-electron chi connectivity index (χ1n) is 6.29. The van der Waals surface area contributed by atoms with Crippen LogP contribution < -0.4 is 0 Å². The fraction of sp³-hybridized carbons (Fsp3) is 0.250. The lowest BCUT2D eigenvalue weighted by Gasteiger charge is -2.39. The number of benzene rings is 2. The maximum absolute atomic E-state index is 2.55. The minimum Gasteiger partial charge on any atom is -0.292 e. The van der Waals surface area contributed by atoms with Crippen molar-refractivity contribution in [3.63, 3.8) is 0 Å². The molecular formula is C16H18ClN. The molecule has 0 amide bonds. The first kappa shape index (κ1) is 13.1. The van der Waals surface area contributed by atoms with Gasteiger partial charge in [-0.25, -0.2) is 0 Å². The van der Waals surface area contributed by atoms with Gasteiger partial charge in [-0.05, 0) is 17.5 Å². The van der Waals surface area contributed by atoms with E-state index in [1.54, 1.807) is 0 Å². The second-order valence-electron chi connectivity index (χ2n) is 4.61. The fourth-order valence-corrected chi connectivity index (χ4v) is 2.48. The fourth-order valence-electron chi connectivity index (χ4n) is 2.48. The monoisotopic (exact) mass is 259 g/mol. The molecule has 0 radical (unpaired) electrons. The molecule has 1 aliphatic heterocycles. The first-order valence-corrected chi connectivity index (χ1v) is 6.29. The number of nitrogens with zero attached hydrogens (tertiary/aromatic N) is 1. The Kier molecular flexibility index (Phi) is 4.40. The number of likely N-dealkylation sites (tertiary alicyclic amines) is 1. The normalized spacial score (nSPS) is 14.9. The molecule has 1 aliphatic rings. The molecule has 18 heavy (non-hydrogen) atoms. The topological polar surface area (TPSA) is 3.24 Å². The third-order valence-corrected chi connectivity index (χ3v) is 3.49. The molecule has 3 rings (SSSR count). The van der Waals surface area contributed by atoms with Gasteiger partial charge in [-0.2, -0.15) is 0 Å². The summed E-state index contributed by atoms with van der Waals surface area (Å²) in [7, 11) is 0. The highest BCUT2D eigenvalue weighted by Gasteiger charge is 2.26. The standard InChI is InChI=1S/C16H17N.ClH/c1-3-8-14(9-4-1)16(17-12-7-13-17)15-10-5-2-6-11-15;/h1-6,8-11,16H,7,12-13H2;1H. The average molecular weight is 260 g/mol. The highest BCUT2D eigenvalue weighted by Crippen LogP contribution is 2.31. The van der Waals surface area contributed by atoms with Gasteiger partial charge in [0, 0.05) is 13.1 Å². The van der Waals surface area contributed by atoms with Crippen LogP contribution in [0.15, 0.2) is 60.7 Å². The Morgan fingerprint density at radius 3 is 1.50 bits per heavy atom. The number of rotatable bonds is 3. The summed E-state index contributed by atoms with van der Waals surface area (Å²) in [6, 6.07) is 22.1. The van der Waals surface area contributed by atoms with Crippen LogP contribution in [-0.4, -0.2) is 18.0 Å². The van der Waals surface area contributed by atoms with Crippen molar-refractivity contribution in [3.8, 4) is 0 Å².